The minimum absolute atomic E-state index is 0.532. The van der Waals surface area contributed by atoms with Crippen molar-refractivity contribution in [2.45, 2.75) is 0 Å². The topological polar surface area (TPSA) is 86.0 Å². The molecule has 1 aromatic heterocycles. The molecule has 0 radical (unpaired) electrons. The van der Waals surface area contributed by atoms with Crippen LogP contribution < -0.4 is 5.43 Å². The van der Waals surface area contributed by atoms with Gasteiger partial charge in [0.05, 0.1) is 11.9 Å². The number of anilines is 1. The predicted molar refractivity (Wildman–Crippen MR) is 94.0 cm³/mol. The zero-order chi connectivity index (χ0) is 15.9. The molecule has 0 unspecified atom stereocenters. The summed E-state index contributed by atoms with van der Waals surface area (Å²) in [7, 11) is 0. The molecule has 0 saturated carbocycles. The SMILES string of the molecule is [N-]=[N+]=Nc1ccccc1C=NNc1nc(-c2ccccc2)cs1. The van der Waals surface area contributed by atoms with E-state index >= 15 is 0 Å². The Labute approximate surface area is 136 Å². The predicted octanol–water partition coefficient (Wildman–Crippen LogP) is 5.20. The number of benzene rings is 2. The minimum atomic E-state index is 0.532. The molecule has 1 heterocycles. The highest BCUT2D eigenvalue weighted by molar-refractivity contribution is 7.14. The number of nitrogens with zero attached hydrogens (tertiary/aromatic N) is 5. The Morgan fingerprint density at radius 3 is 2.70 bits per heavy atom. The van der Waals surface area contributed by atoms with Gasteiger partial charge in [0.15, 0.2) is 0 Å². The zero-order valence-corrected chi connectivity index (χ0v) is 12.8. The van der Waals surface area contributed by atoms with Crippen molar-refractivity contribution in [3.05, 3.63) is 76.0 Å². The fraction of sp³-hybridized carbons (Fsp3) is 0. The van der Waals surface area contributed by atoms with E-state index in [-0.39, 0.29) is 0 Å². The zero-order valence-electron chi connectivity index (χ0n) is 12.0. The first-order chi connectivity index (χ1) is 11.4. The van der Waals surface area contributed by atoms with Crippen LogP contribution in [0, 0.1) is 0 Å². The Kier molecular flexibility index (Phi) is 4.63. The van der Waals surface area contributed by atoms with Gasteiger partial charge in [0.2, 0.25) is 5.13 Å². The molecule has 0 aliphatic heterocycles. The van der Waals surface area contributed by atoms with Gasteiger partial charge in [0.25, 0.3) is 0 Å². The van der Waals surface area contributed by atoms with Crippen LogP contribution in [0.2, 0.25) is 0 Å². The lowest BCUT2D eigenvalue weighted by atomic mass is 10.2. The molecule has 0 aliphatic rings. The Morgan fingerprint density at radius 2 is 1.87 bits per heavy atom. The molecule has 1 N–H and O–H groups in total. The molecule has 6 nitrogen and oxygen atoms in total. The normalized spacial score (nSPS) is 10.4. The van der Waals surface area contributed by atoms with Crippen molar-refractivity contribution in [3.8, 4) is 11.3 Å². The summed E-state index contributed by atoms with van der Waals surface area (Å²) in [4.78, 5) is 7.28. The third-order valence-electron chi connectivity index (χ3n) is 3.03. The third kappa shape index (κ3) is 3.74. The molecular formula is C16H12N6S. The van der Waals surface area contributed by atoms with E-state index < -0.39 is 0 Å². The average Bonchev–Trinajstić information content (AvgIpc) is 3.06. The molecule has 7 heteroatoms. The summed E-state index contributed by atoms with van der Waals surface area (Å²) in [6.45, 7) is 0. The monoisotopic (exact) mass is 320 g/mol. The van der Waals surface area contributed by atoms with Crippen LogP contribution in [0.15, 0.2) is 70.2 Å². The van der Waals surface area contributed by atoms with Crippen molar-refractivity contribution in [3.63, 3.8) is 0 Å². The summed E-state index contributed by atoms with van der Waals surface area (Å²) in [5, 5.41) is 10.4. The summed E-state index contributed by atoms with van der Waals surface area (Å²) < 4.78 is 0. The molecule has 0 fully saturated rings. The van der Waals surface area contributed by atoms with Crippen molar-refractivity contribution in [1.82, 2.24) is 4.98 Å². The van der Waals surface area contributed by atoms with Crippen LogP contribution in [-0.4, -0.2) is 11.2 Å². The second kappa shape index (κ2) is 7.22. The van der Waals surface area contributed by atoms with Gasteiger partial charge in [-0.3, -0.25) is 5.43 Å². The van der Waals surface area contributed by atoms with E-state index in [2.05, 4.69) is 25.5 Å². The lowest BCUT2D eigenvalue weighted by Crippen LogP contribution is -1.90. The van der Waals surface area contributed by atoms with Gasteiger partial charge in [0, 0.05) is 27.1 Å². The Bertz CT molecular complexity index is 865. The Morgan fingerprint density at radius 1 is 1.09 bits per heavy atom. The van der Waals surface area contributed by atoms with Gasteiger partial charge in [0.1, 0.15) is 0 Å². The van der Waals surface area contributed by atoms with E-state index in [1.165, 1.54) is 11.3 Å². The number of aromatic nitrogens is 1. The maximum absolute atomic E-state index is 8.55. The number of azide groups is 1. The first kappa shape index (κ1) is 14.8. The van der Waals surface area contributed by atoms with Crippen LogP contribution in [0.3, 0.4) is 0 Å². The summed E-state index contributed by atoms with van der Waals surface area (Å²) >= 11 is 1.48. The summed E-state index contributed by atoms with van der Waals surface area (Å²) in [5.41, 5.74) is 14.7. The van der Waals surface area contributed by atoms with E-state index in [0.717, 1.165) is 16.8 Å². The van der Waals surface area contributed by atoms with Crippen molar-refractivity contribution < 1.29 is 0 Å². The highest BCUT2D eigenvalue weighted by atomic mass is 32.1. The van der Waals surface area contributed by atoms with Gasteiger partial charge in [-0.25, -0.2) is 4.98 Å². The Balaban J connectivity index is 1.72. The van der Waals surface area contributed by atoms with Gasteiger partial charge in [-0.05, 0) is 5.53 Å². The van der Waals surface area contributed by atoms with E-state index in [4.69, 9.17) is 5.53 Å². The molecule has 112 valence electrons. The van der Waals surface area contributed by atoms with Crippen molar-refractivity contribution >= 4 is 28.4 Å². The van der Waals surface area contributed by atoms with Gasteiger partial charge >= 0.3 is 0 Å². The van der Waals surface area contributed by atoms with Gasteiger partial charge in [-0.2, -0.15) is 5.10 Å². The van der Waals surface area contributed by atoms with E-state index in [1.807, 2.05) is 53.9 Å². The molecular weight excluding hydrogens is 308 g/mol. The van der Waals surface area contributed by atoms with E-state index in [9.17, 15) is 0 Å². The second-order valence-corrected chi connectivity index (χ2v) is 5.38. The molecule has 2 aromatic carbocycles. The van der Waals surface area contributed by atoms with Gasteiger partial charge in [-0.1, -0.05) is 59.7 Å². The smallest absolute Gasteiger partial charge is 0.203 e. The number of rotatable bonds is 5. The van der Waals surface area contributed by atoms with Crippen LogP contribution in [0.5, 0.6) is 0 Å². The first-order valence-corrected chi connectivity index (χ1v) is 7.69. The summed E-state index contributed by atoms with van der Waals surface area (Å²) in [6, 6.07) is 17.2. The molecule has 0 atom stereocenters. The molecule has 0 aliphatic carbocycles. The van der Waals surface area contributed by atoms with E-state index in [0.29, 0.717) is 10.8 Å². The van der Waals surface area contributed by atoms with Crippen molar-refractivity contribution in [2.75, 3.05) is 5.43 Å². The second-order valence-electron chi connectivity index (χ2n) is 4.52. The molecule has 23 heavy (non-hydrogen) atoms. The quantitative estimate of drug-likeness (QED) is 0.230. The standard InChI is InChI=1S/C16H12N6S/c17-22-20-14-9-5-4-8-13(14)10-18-21-16-19-15(11-23-16)12-6-2-1-3-7-12/h1-11H,(H,19,21). The van der Waals surface area contributed by atoms with Crippen molar-refractivity contribution in [2.24, 2.45) is 10.2 Å². The first-order valence-electron chi connectivity index (χ1n) is 6.81. The number of nitrogens with one attached hydrogen (secondary N) is 1. The van der Waals surface area contributed by atoms with Crippen LogP contribution in [0.1, 0.15) is 5.56 Å². The molecule has 3 rings (SSSR count). The maximum atomic E-state index is 8.55. The average molecular weight is 320 g/mol. The number of hydrazone groups is 1. The summed E-state index contributed by atoms with van der Waals surface area (Å²) in [6.07, 6.45) is 1.60. The number of hydrogen-bond donors (Lipinski definition) is 1. The van der Waals surface area contributed by atoms with Gasteiger partial charge < -0.3 is 0 Å². The lowest BCUT2D eigenvalue weighted by molar-refractivity contribution is 1.29. The van der Waals surface area contributed by atoms with Gasteiger partial charge in [-0.15, -0.1) is 11.3 Å². The van der Waals surface area contributed by atoms with Crippen molar-refractivity contribution in [1.29, 1.82) is 0 Å². The largest absolute Gasteiger partial charge is 0.253 e. The molecule has 0 saturated heterocycles. The minimum Gasteiger partial charge on any atom is -0.253 e. The lowest BCUT2D eigenvalue weighted by Gasteiger charge is -1.98. The highest BCUT2D eigenvalue weighted by Crippen LogP contribution is 2.24. The van der Waals surface area contributed by atoms with Crippen LogP contribution >= 0.6 is 11.3 Å². The summed E-state index contributed by atoms with van der Waals surface area (Å²) in [5.74, 6) is 0. The maximum Gasteiger partial charge on any atom is 0.203 e. The fourth-order valence-electron chi connectivity index (χ4n) is 1.96. The van der Waals surface area contributed by atoms with Crippen LogP contribution in [0.4, 0.5) is 10.8 Å². The molecule has 3 aromatic rings. The molecule has 0 spiro atoms. The number of hydrogen-bond acceptors (Lipinski definition) is 5. The molecule has 0 bridgehead atoms. The van der Waals surface area contributed by atoms with Crippen LogP contribution in [-0.2, 0) is 0 Å². The van der Waals surface area contributed by atoms with E-state index in [1.54, 1.807) is 12.3 Å². The number of thiazole rings is 1. The highest BCUT2D eigenvalue weighted by Gasteiger charge is 2.03. The fourth-order valence-corrected chi connectivity index (χ4v) is 2.63. The Hall–Kier alpha value is -3.15. The third-order valence-corrected chi connectivity index (χ3v) is 3.77. The molecule has 0 amide bonds. The van der Waals surface area contributed by atoms with Crippen LogP contribution in [0.25, 0.3) is 21.7 Å².